The zero-order valence-electron chi connectivity index (χ0n) is 15.2. The zero-order chi connectivity index (χ0) is 18.4. The SMILES string of the molecule is Cc1onc2c1CC1(CC2)Cc2ccc(C3CC3)cc2C12NC(=O)NC2=O. The number of hydrogen-bond donors (Lipinski definition) is 2. The Hall–Kier alpha value is -2.63. The Labute approximate surface area is 156 Å². The molecule has 4 aliphatic rings. The third-order valence-electron chi connectivity index (χ3n) is 7.20. The molecule has 138 valence electrons. The fourth-order valence-corrected chi connectivity index (χ4v) is 5.68. The molecule has 0 radical (unpaired) electrons. The van der Waals surface area contributed by atoms with Crippen LogP contribution in [0.15, 0.2) is 22.7 Å². The van der Waals surface area contributed by atoms with Gasteiger partial charge in [0.25, 0.3) is 5.91 Å². The van der Waals surface area contributed by atoms with E-state index in [2.05, 4.69) is 34.0 Å². The van der Waals surface area contributed by atoms with E-state index in [1.54, 1.807) is 0 Å². The maximum atomic E-state index is 13.2. The van der Waals surface area contributed by atoms with Crippen LogP contribution in [0.3, 0.4) is 0 Å². The molecule has 27 heavy (non-hydrogen) atoms. The highest BCUT2D eigenvalue weighted by atomic mass is 16.5. The van der Waals surface area contributed by atoms with Gasteiger partial charge in [0.15, 0.2) is 5.54 Å². The lowest BCUT2D eigenvalue weighted by Gasteiger charge is -2.44. The van der Waals surface area contributed by atoms with Gasteiger partial charge in [-0.1, -0.05) is 23.4 Å². The number of nitrogens with zero attached hydrogens (tertiary/aromatic N) is 1. The second kappa shape index (κ2) is 4.80. The summed E-state index contributed by atoms with van der Waals surface area (Å²) in [5, 5.41) is 9.80. The summed E-state index contributed by atoms with van der Waals surface area (Å²) in [4.78, 5) is 25.5. The number of hydrogen-bond acceptors (Lipinski definition) is 4. The summed E-state index contributed by atoms with van der Waals surface area (Å²) in [6.07, 6.45) is 5.45. The van der Waals surface area contributed by atoms with Crippen LogP contribution in [0.4, 0.5) is 4.79 Å². The average molecular weight is 363 g/mol. The normalized spacial score (nSPS) is 31.1. The molecule has 0 bridgehead atoms. The van der Waals surface area contributed by atoms with Gasteiger partial charge >= 0.3 is 6.03 Å². The minimum absolute atomic E-state index is 0.211. The Morgan fingerprint density at radius 2 is 2.07 bits per heavy atom. The highest BCUT2D eigenvalue weighted by Crippen LogP contribution is 2.58. The molecule has 2 unspecified atom stereocenters. The van der Waals surface area contributed by atoms with Gasteiger partial charge in [-0.15, -0.1) is 0 Å². The van der Waals surface area contributed by atoms with Gasteiger partial charge in [-0.25, -0.2) is 4.79 Å². The van der Waals surface area contributed by atoms with E-state index in [0.29, 0.717) is 12.3 Å². The van der Waals surface area contributed by atoms with E-state index in [1.807, 2.05) is 6.92 Å². The fourth-order valence-electron chi connectivity index (χ4n) is 5.68. The van der Waals surface area contributed by atoms with Crippen molar-refractivity contribution < 1.29 is 14.1 Å². The number of carbonyl (C=O) groups is 2. The quantitative estimate of drug-likeness (QED) is 0.763. The Balaban J connectivity index is 1.56. The highest BCUT2D eigenvalue weighted by Gasteiger charge is 2.66. The minimum atomic E-state index is -0.994. The number of fused-ring (bicyclic) bond motifs is 4. The van der Waals surface area contributed by atoms with Crippen LogP contribution in [-0.2, 0) is 29.6 Å². The van der Waals surface area contributed by atoms with E-state index >= 15 is 0 Å². The van der Waals surface area contributed by atoms with Crippen molar-refractivity contribution >= 4 is 11.9 Å². The first-order chi connectivity index (χ1) is 13.0. The van der Waals surface area contributed by atoms with Crippen molar-refractivity contribution in [2.24, 2.45) is 5.41 Å². The number of carbonyl (C=O) groups excluding carboxylic acids is 2. The van der Waals surface area contributed by atoms with Gasteiger partial charge in [-0.05, 0) is 68.1 Å². The second-order valence-corrected chi connectivity index (χ2v) is 8.65. The molecule has 1 saturated carbocycles. The van der Waals surface area contributed by atoms with Crippen LogP contribution in [0.25, 0.3) is 0 Å². The van der Waals surface area contributed by atoms with Crippen LogP contribution in [0.5, 0.6) is 0 Å². The number of rotatable bonds is 1. The summed E-state index contributed by atoms with van der Waals surface area (Å²) in [5.41, 5.74) is 4.18. The van der Waals surface area contributed by atoms with Crippen LogP contribution in [-0.4, -0.2) is 17.1 Å². The molecule has 2 aromatic rings. The monoisotopic (exact) mass is 363 g/mol. The summed E-state index contributed by atoms with van der Waals surface area (Å²) >= 11 is 0. The van der Waals surface area contributed by atoms with Crippen molar-refractivity contribution in [1.29, 1.82) is 0 Å². The Kier molecular flexibility index (Phi) is 2.74. The number of aromatic nitrogens is 1. The predicted molar refractivity (Wildman–Crippen MR) is 96.2 cm³/mol. The van der Waals surface area contributed by atoms with E-state index in [-0.39, 0.29) is 11.3 Å². The first-order valence-corrected chi connectivity index (χ1v) is 9.73. The molecule has 6 nitrogen and oxygen atoms in total. The van der Waals surface area contributed by atoms with Gasteiger partial charge in [-0.3, -0.25) is 10.1 Å². The summed E-state index contributed by atoms with van der Waals surface area (Å²) in [6, 6.07) is 6.17. The van der Waals surface area contributed by atoms with Crippen LogP contribution < -0.4 is 10.6 Å². The zero-order valence-corrected chi connectivity index (χ0v) is 15.2. The third-order valence-corrected chi connectivity index (χ3v) is 7.20. The Morgan fingerprint density at radius 1 is 1.22 bits per heavy atom. The van der Waals surface area contributed by atoms with Crippen LogP contribution in [0, 0.1) is 12.3 Å². The molecule has 2 fully saturated rings. The lowest BCUT2D eigenvalue weighted by Crippen LogP contribution is -2.57. The third kappa shape index (κ3) is 1.83. The number of amides is 3. The Morgan fingerprint density at radius 3 is 2.81 bits per heavy atom. The van der Waals surface area contributed by atoms with Gasteiger partial charge in [0, 0.05) is 11.0 Å². The smallest absolute Gasteiger partial charge is 0.322 e. The predicted octanol–water partition coefficient (Wildman–Crippen LogP) is 2.63. The van der Waals surface area contributed by atoms with E-state index in [4.69, 9.17) is 4.52 Å². The molecule has 6 rings (SSSR count). The van der Waals surface area contributed by atoms with Crippen molar-refractivity contribution in [3.05, 3.63) is 51.9 Å². The molecule has 2 atom stereocenters. The first-order valence-electron chi connectivity index (χ1n) is 9.73. The van der Waals surface area contributed by atoms with Gasteiger partial charge in [-0.2, -0.15) is 0 Å². The Bertz CT molecular complexity index is 1020. The molecule has 2 spiro atoms. The van der Waals surface area contributed by atoms with Crippen molar-refractivity contribution in [2.75, 3.05) is 0 Å². The average Bonchev–Trinajstić information content (AvgIpc) is 3.31. The molecule has 1 aromatic heterocycles. The minimum Gasteiger partial charge on any atom is -0.361 e. The molecule has 1 aliphatic heterocycles. The van der Waals surface area contributed by atoms with Gasteiger partial charge < -0.3 is 9.84 Å². The number of nitrogens with one attached hydrogen (secondary N) is 2. The second-order valence-electron chi connectivity index (χ2n) is 8.65. The molecule has 6 heteroatoms. The molecular formula is C21H21N3O3. The number of urea groups is 1. The van der Waals surface area contributed by atoms with Crippen LogP contribution in [0.2, 0.25) is 0 Å². The summed E-state index contributed by atoms with van der Waals surface area (Å²) < 4.78 is 5.42. The van der Waals surface area contributed by atoms with Gasteiger partial charge in [0.05, 0.1) is 5.69 Å². The maximum Gasteiger partial charge on any atom is 0.322 e. The van der Waals surface area contributed by atoms with Crippen molar-refractivity contribution in [2.45, 2.75) is 56.9 Å². The number of benzene rings is 1. The lowest BCUT2D eigenvalue weighted by atomic mass is 9.61. The molecule has 2 N–H and O–H groups in total. The molecular weight excluding hydrogens is 342 g/mol. The van der Waals surface area contributed by atoms with Crippen LogP contribution in [0.1, 0.15) is 58.9 Å². The highest BCUT2D eigenvalue weighted by molar-refractivity contribution is 6.09. The summed E-state index contributed by atoms with van der Waals surface area (Å²) in [6.45, 7) is 1.93. The summed E-state index contributed by atoms with van der Waals surface area (Å²) in [5.74, 6) is 1.21. The summed E-state index contributed by atoms with van der Waals surface area (Å²) in [7, 11) is 0. The molecule has 1 aromatic carbocycles. The van der Waals surface area contributed by atoms with E-state index in [1.165, 1.54) is 24.0 Å². The molecule has 2 heterocycles. The first kappa shape index (κ1) is 15.4. The molecule has 3 aliphatic carbocycles. The van der Waals surface area contributed by atoms with Crippen molar-refractivity contribution in [1.82, 2.24) is 15.8 Å². The number of aryl methyl sites for hydroxylation is 2. The standard InChI is InChI=1S/C21H21N3O3/c1-11-15-10-20(7-6-17(15)24-27-11)9-14-5-4-13(12-2-3-12)8-16(14)21(20)18(25)22-19(26)23-21/h4-5,8,12H,2-3,6-7,9-10H2,1H3,(H2,22,23,25,26). The van der Waals surface area contributed by atoms with Gasteiger partial charge in [0.1, 0.15) is 5.76 Å². The number of imide groups is 1. The van der Waals surface area contributed by atoms with Gasteiger partial charge in [0.2, 0.25) is 0 Å². The van der Waals surface area contributed by atoms with Crippen LogP contribution >= 0.6 is 0 Å². The fraction of sp³-hybridized carbons (Fsp3) is 0.476. The topological polar surface area (TPSA) is 84.2 Å². The van der Waals surface area contributed by atoms with Crippen molar-refractivity contribution in [3.63, 3.8) is 0 Å². The maximum absolute atomic E-state index is 13.2. The van der Waals surface area contributed by atoms with Crippen molar-refractivity contribution in [3.8, 4) is 0 Å². The molecule has 1 saturated heterocycles. The largest absolute Gasteiger partial charge is 0.361 e. The van der Waals surface area contributed by atoms with E-state index < -0.39 is 11.6 Å². The molecule has 3 amide bonds. The van der Waals surface area contributed by atoms with E-state index in [0.717, 1.165) is 41.8 Å². The lowest BCUT2D eigenvalue weighted by molar-refractivity contribution is -0.129. The van der Waals surface area contributed by atoms with E-state index in [9.17, 15) is 9.59 Å².